The molecule has 1 aromatic heterocycles. The molecule has 0 spiro atoms. The smallest absolute Gasteiger partial charge is 0.242 e. The van der Waals surface area contributed by atoms with Gasteiger partial charge in [-0.2, -0.15) is 0 Å². The van der Waals surface area contributed by atoms with E-state index in [4.69, 9.17) is 0 Å². The maximum absolute atomic E-state index is 11.9. The van der Waals surface area contributed by atoms with Gasteiger partial charge >= 0.3 is 0 Å². The minimum absolute atomic E-state index is 0.0510. The number of nitrogens with zero attached hydrogens (tertiary/aromatic N) is 2. The van der Waals surface area contributed by atoms with E-state index in [2.05, 4.69) is 0 Å². The first-order valence-electron chi connectivity index (χ1n) is 6.40. The van der Waals surface area contributed by atoms with Gasteiger partial charge in [0.2, 0.25) is 5.91 Å². The summed E-state index contributed by atoms with van der Waals surface area (Å²) in [5.74, 6) is 0.191. The van der Waals surface area contributed by atoms with Gasteiger partial charge in [-0.15, -0.1) is 0 Å². The fourth-order valence-corrected chi connectivity index (χ4v) is 1.63. The average Bonchev–Trinajstić information content (AvgIpc) is 2.76. The van der Waals surface area contributed by atoms with Gasteiger partial charge in [0.05, 0.1) is 0 Å². The van der Waals surface area contributed by atoms with E-state index in [1.54, 1.807) is 35.0 Å². The van der Waals surface area contributed by atoms with Crippen molar-refractivity contribution in [2.24, 2.45) is 0 Å². The summed E-state index contributed by atoms with van der Waals surface area (Å²) in [6.45, 7) is 6.22. The molecule has 0 fully saturated rings. The van der Waals surface area contributed by atoms with Crippen LogP contribution in [0.3, 0.4) is 0 Å². The van der Waals surface area contributed by atoms with Crippen LogP contribution in [0, 0.1) is 0 Å². The van der Waals surface area contributed by atoms with Crippen molar-refractivity contribution in [3.8, 4) is 0 Å². The van der Waals surface area contributed by atoms with Crippen LogP contribution in [-0.2, 0) is 11.3 Å². The van der Waals surface area contributed by atoms with Gasteiger partial charge < -0.3 is 9.47 Å². The highest BCUT2D eigenvalue weighted by molar-refractivity contribution is 5.95. The summed E-state index contributed by atoms with van der Waals surface area (Å²) in [4.78, 5) is 25.3. The third-order valence-corrected chi connectivity index (χ3v) is 3.04. The topological polar surface area (TPSA) is 42.3 Å². The van der Waals surface area contributed by atoms with E-state index in [1.807, 2.05) is 20.8 Å². The Labute approximate surface area is 109 Å². The molecule has 0 aliphatic rings. The lowest BCUT2D eigenvalue weighted by Gasteiger charge is -2.21. The van der Waals surface area contributed by atoms with Crippen molar-refractivity contribution in [3.05, 3.63) is 24.0 Å². The van der Waals surface area contributed by atoms with Gasteiger partial charge in [0.1, 0.15) is 6.54 Å². The quantitative estimate of drug-likeness (QED) is 0.727. The Morgan fingerprint density at radius 1 is 1.39 bits per heavy atom. The number of rotatable bonds is 6. The van der Waals surface area contributed by atoms with Crippen LogP contribution in [-0.4, -0.2) is 34.2 Å². The van der Waals surface area contributed by atoms with Crippen molar-refractivity contribution in [3.63, 3.8) is 0 Å². The lowest BCUT2D eigenvalue weighted by atomic mass is 10.1. The largest absolute Gasteiger partial charge is 0.344 e. The van der Waals surface area contributed by atoms with E-state index in [-0.39, 0.29) is 24.3 Å². The number of Topliss-reactive ketones (excluding diaryl/α,β-unsaturated/α-hetero) is 1. The van der Waals surface area contributed by atoms with E-state index < -0.39 is 0 Å². The summed E-state index contributed by atoms with van der Waals surface area (Å²) in [6.07, 6.45) is 4.95. The molecule has 1 amide bonds. The summed E-state index contributed by atoms with van der Waals surface area (Å²) in [7, 11) is 1.79. The van der Waals surface area contributed by atoms with Crippen LogP contribution in [0.5, 0.6) is 0 Å². The molecule has 0 unspecified atom stereocenters. The lowest BCUT2D eigenvalue weighted by Crippen LogP contribution is -2.35. The van der Waals surface area contributed by atoms with Gasteiger partial charge in [0, 0.05) is 37.5 Å². The summed E-state index contributed by atoms with van der Waals surface area (Å²) < 4.78 is 1.77. The Balaban J connectivity index is 2.64. The molecular weight excluding hydrogens is 228 g/mol. The number of carbonyl (C=O) groups is 2. The zero-order valence-electron chi connectivity index (χ0n) is 11.6. The summed E-state index contributed by atoms with van der Waals surface area (Å²) in [6, 6.07) is 1.97. The molecule has 0 atom stereocenters. The summed E-state index contributed by atoms with van der Waals surface area (Å²) >= 11 is 0. The van der Waals surface area contributed by atoms with Crippen molar-refractivity contribution in [2.75, 3.05) is 7.05 Å². The predicted molar refractivity (Wildman–Crippen MR) is 71.6 cm³/mol. The van der Waals surface area contributed by atoms with Crippen LogP contribution >= 0.6 is 0 Å². The molecule has 1 aromatic rings. The fraction of sp³-hybridized carbons (Fsp3) is 0.571. The second kappa shape index (κ2) is 6.38. The molecule has 4 nitrogen and oxygen atoms in total. The van der Waals surface area contributed by atoms with Gasteiger partial charge in [-0.3, -0.25) is 9.59 Å². The second-order valence-corrected chi connectivity index (χ2v) is 4.84. The Hall–Kier alpha value is -1.58. The van der Waals surface area contributed by atoms with E-state index >= 15 is 0 Å². The predicted octanol–water partition coefficient (Wildman–Crippen LogP) is 2.34. The zero-order valence-corrected chi connectivity index (χ0v) is 11.6. The standard InChI is InChI=1S/C14H22N2O2/c1-5-6-13(17)12-7-8-16(9-12)10-14(18)15(4)11(2)3/h7-9,11H,5-6,10H2,1-4H3. The van der Waals surface area contributed by atoms with E-state index in [9.17, 15) is 9.59 Å². The normalized spacial score (nSPS) is 10.7. The molecule has 4 heteroatoms. The van der Waals surface area contributed by atoms with Crippen LogP contribution in [0.4, 0.5) is 0 Å². The SMILES string of the molecule is CCCC(=O)c1ccn(CC(=O)N(C)C(C)C)c1. The third kappa shape index (κ3) is 3.72. The van der Waals surface area contributed by atoms with E-state index in [0.717, 1.165) is 6.42 Å². The van der Waals surface area contributed by atoms with Crippen molar-refractivity contribution in [1.82, 2.24) is 9.47 Å². The molecule has 1 heterocycles. The van der Waals surface area contributed by atoms with Gasteiger partial charge in [-0.25, -0.2) is 0 Å². The van der Waals surface area contributed by atoms with E-state index in [1.165, 1.54) is 0 Å². The molecule has 0 radical (unpaired) electrons. The van der Waals surface area contributed by atoms with Gasteiger partial charge in [0.15, 0.2) is 5.78 Å². The van der Waals surface area contributed by atoms with Crippen molar-refractivity contribution in [2.45, 2.75) is 46.2 Å². The van der Waals surface area contributed by atoms with Gasteiger partial charge in [0.25, 0.3) is 0 Å². The number of amides is 1. The Bertz CT molecular complexity index is 421. The summed E-state index contributed by atoms with van der Waals surface area (Å²) in [5, 5.41) is 0. The van der Waals surface area contributed by atoms with Crippen LogP contribution in [0.25, 0.3) is 0 Å². The molecular formula is C14H22N2O2. The number of likely N-dealkylation sites (N-methyl/N-ethyl adjacent to an activating group) is 1. The number of hydrogen-bond donors (Lipinski definition) is 0. The molecule has 0 aromatic carbocycles. The molecule has 100 valence electrons. The van der Waals surface area contributed by atoms with Crippen molar-refractivity contribution >= 4 is 11.7 Å². The van der Waals surface area contributed by atoms with Crippen LogP contribution in [0.2, 0.25) is 0 Å². The maximum Gasteiger partial charge on any atom is 0.242 e. The number of hydrogen-bond acceptors (Lipinski definition) is 2. The Kier molecular flexibility index (Phi) is 5.13. The monoisotopic (exact) mass is 250 g/mol. The van der Waals surface area contributed by atoms with Gasteiger partial charge in [-0.1, -0.05) is 6.92 Å². The molecule has 18 heavy (non-hydrogen) atoms. The highest BCUT2D eigenvalue weighted by Gasteiger charge is 2.13. The first-order valence-corrected chi connectivity index (χ1v) is 6.40. The molecule has 0 saturated heterocycles. The van der Waals surface area contributed by atoms with Crippen LogP contribution in [0.1, 0.15) is 44.0 Å². The maximum atomic E-state index is 11.9. The molecule has 0 saturated carbocycles. The first kappa shape index (κ1) is 14.5. The highest BCUT2D eigenvalue weighted by atomic mass is 16.2. The molecule has 0 N–H and O–H groups in total. The number of ketones is 1. The van der Waals surface area contributed by atoms with Gasteiger partial charge in [-0.05, 0) is 26.3 Å². The highest BCUT2D eigenvalue weighted by Crippen LogP contribution is 2.07. The third-order valence-electron chi connectivity index (χ3n) is 3.04. The van der Waals surface area contributed by atoms with E-state index in [0.29, 0.717) is 12.0 Å². The molecule has 0 bridgehead atoms. The number of aromatic nitrogens is 1. The molecule has 1 rings (SSSR count). The van der Waals surface area contributed by atoms with Crippen LogP contribution < -0.4 is 0 Å². The minimum atomic E-state index is 0.0510. The van der Waals surface area contributed by atoms with Crippen LogP contribution in [0.15, 0.2) is 18.5 Å². The average molecular weight is 250 g/mol. The number of carbonyl (C=O) groups excluding carboxylic acids is 2. The first-order chi connectivity index (χ1) is 8.45. The summed E-state index contributed by atoms with van der Waals surface area (Å²) in [5.41, 5.74) is 0.692. The zero-order chi connectivity index (χ0) is 13.7. The molecule has 0 aliphatic heterocycles. The Morgan fingerprint density at radius 2 is 2.06 bits per heavy atom. The fourth-order valence-electron chi connectivity index (χ4n) is 1.63. The Morgan fingerprint density at radius 3 is 2.61 bits per heavy atom. The van der Waals surface area contributed by atoms with Crippen molar-refractivity contribution < 1.29 is 9.59 Å². The van der Waals surface area contributed by atoms with Crippen molar-refractivity contribution in [1.29, 1.82) is 0 Å². The second-order valence-electron chi connectivity index (χ2n) is 4.84. The molecule has 0 aliphatic carbocycles. The minimum Gasteiger partial charge on any atom is -0.344 e. The lowest BCUT2D eigenvalue weighted by molar-refractivity contribution is -0.131.